The zero-order valence-electron chi connectivity index (χ0n) is 18.6. The maximum Gasteiger partial charge on any atom is 0.123 e. The van der Waals surface area contributed by atoms with Gasteiger partial charge in [-0.3, -0.25) is 0 Å². The van der Waals surface area contributed by atoms with Gasteiger partial charge in [0, 0.05) is 29.7 Å². The minimum Gasteiger partial charge on any atom is -0.399 e. The van der Waals surface area contributed by atoms with Crippen molar-refractivity contribution in [3.05, 3.63) is 96.1 Å². The number of benzene rings is 2. The third-order valence-corrected chi connectivity index (χ3v) is 5.96. The lowest BCUT2D eigenvalue weighted by Gasteiger charge is -2.15. The second kappa shape index (κ2) is 9.27. The molecule has 0 aliphatic rings. The number of nitrogens with zero attached hydrogens (tertiary/aromatic N) is 2. The first-order chi connectivity index (χ1) is 15.5. The first-order valence-electron chi connectivity index (χ1n) is 11.0. The zero-order chi connectivity index (χ0) is 22.7. The lowest BCUT2D eigenvalue weighted by molar-refractivity contribution is 0.621. The number of nitrogens with two attached hydrogens (primary N) is 1. The molecule has 0 saturated carbocycles. The van der Waals surface area contributed by atoms with Gasteiger partial charge in [0.05, 0.1) is 11.7 Å². The van der Waals surface area contributed by atoms with Crippen LogP contribution in [0.5, 0.6) is 0 Å². The van der Waals surface area contributed by atoms with Crippen molar-refractivity contribution in [1.29, 1.82) is 0 Å². The average Bonchev–Trinajstić information content (AvgIpc) is 3.22. The largest absolute Gasteiger partial charge is 0.399 e. The zero-order valence-corrected chi connectivity index (χ0v) is 18.6. The standard InChI is InChI=1S/C27H29FN4/c1-4-30-26-12-11-24(28)15-23(26)6-5-18(2)22-13-14-32-27(16-22)25(17-31-32)21-9-7-20(8-10-21)19(3)29/h7-18,30H,3-6,29H2,1-2H3. The Kier molecular flexibility index (Phi) is 6.26. The van der Waals surface area contributed by atoms with Crippen molar-refractivity contribution in [2.75, 3.05) is 11.9 Å². The van der Waals surface area contributed by atoms with Crippen LogP contribution in [-0.4, -0.2) is 16.2 Å². The third-order valence-electron chi connectivity index (χ3n) is 5.96. The Bertz CT molecular complexity index is 1240. The van der Waals surface area contributed by atoms with Crippen LogP contribution >= 0.6 is 0 Å². The maximum atomic E-state index is 13.8. The molecule has 0 aliphatic heterocycles. The van der Waals surface area contributed by atoms with Crippen LogP contribution in [0.2, 0.25) is 0 Å². The van der Waals surface area contributed by atoms with E-state index in [0.717, 1.165) is 52.8 Å². The molecule has 0 saturated heterocycles. The van der Waals surface area contributed by atoms with Gasteiger partial charge in [-0.25, -0.2) is 8.91 Å². The number of hydrogen-bond acceptors (Lipinski definition) is 3. The van der Waals surface area contributed by atoms with Crippen LogP contribution in [0.1, 0.15) is 42.9 Å². The number of anilines is 1. The second-order valence-electron chi connectivity index (χ2n) is 8.22. The predicted molar refractivity (Wildman–Crippen MR) is 131 cm³/mol. The monoisotopic (exact) mass is 428 g/mol. The number of pyridine rings is 1. The highest BCUT2D eigenvalue weighted by Crippen LogP contribution is 2.30. The minimum atomic E-state index is -0.191. The molecule has 2 aromatic carbocycles. The topological polar surface area (TPSA) is 55.3 Å². The summed E-state index contributed by atoms with van der Waals surface area (Å²) < 4.78 is 15.7. The predicted octanol–water partition coefficient (Wildman–Crippen LogP) is 6.24. The van der Waals surface area contributed by atoms with Crippen molar-refractivity contribution >= 4 is 16.9 Å². The van der Waals surface area contributed by atoms with Crippen molar-refractivity contribution in [2.45, 2.75) is 32.6 Å². The fourth-order valence-electron chi connectivity index (χ4n) is 4.06. The highest BCUT2D eigenvalue weighted by atomic mass is 19.1. The summed E-state index contributed by atoms with van der Waals surface area (Å²) in [5.41, 5.74) is 13.8. The molecule has 0 bridgehead atoms. The smallest absolute Gasteiger partial charge is 0.123 e. The van der Waals surface area contributed by atoms with E-state index >= 15 is 0 Å². The van der Waals surface area contributed by atoms with Crippen LogP contribution in [0.15, 0.2) is 73.6 Å². The molecule has 2 heterocycles. The summed E-state index contributed by atoms with van der Waals surface area (Å²) >= 11 is 0. The Hall–Kier alpha value is -3.60. The highest BCUT2D eigenvalue weighted by molar-refractivity contribution is 5.81. The van der Waals surface area contributed by atoms with E-state index in [-0.39, 0.29) is 5.82 Å². The SMILES string of the molecule is C=C(N)c1ccc(-c2cnn3ccc(C(C)CCc4cc(F)ccc4NCC)cc23)cc1. The third kappa shape index (κ3) is 4.52. The summed E-state index contributed by atoms with van der Waals surface area (Å²) in [7, 11) is 0. The Labute approximate surface area is 188 Å². The summed E-state index contributed by atoms with van der Waals surface area (Å²) in [6.45, 7) is 8.88. The summed E-state index contributed by atoms with van der Waals surface area (Å²) in [6.07, 6.45) is 5.64. The van der Waals surface area contributed by atoms with E-state index in [9.17, 15) is 4.39 Å². The maximum absolute atomic E-state index is 13.8. The second-order valence-corrected chi connectivity index (χ2v) is 8.22. The van der Waals surface area contributed by atoms with E-state index in [1.165, 1.54) is 11.6 Å². The number of rotatable bonds is 8. The van der Waals surface area contributed by atoms with Gasteiger partial charge in [-0.05, 0) is 78.3 Å². The van der Waals surface area contributed by atoms with E-state index in [1.807, 2.05) is 54.2 Å². The molecule has 4 rings (SSSR count). The lowest BCUT2D eigenvalue weighted by atomic mass is 9.93. The molecule has 4 nitrogen and oxygen atoms in total. The summed E-state index contributed by atoms with van der Waals surface area (Å²) in [4.78, 5) is 0. The molecule has 1 unspecified atom stereocenters. The van der Waals surface area contributed by atoms with E-state index < -0.39 is 0 Å². The van der Waals surface area contributed by atoms with Gasteiger partial charge in [0.2, 0.25) is 0 Å². The Morgan fingerprint density at radius 2 is 1.94 bits per heavy atom. The molecule has 1 atom stereocenters. The molecule has 4 aromatic rings. The molecule has 0 amide bonds. The van der Waals surface area contributed by atoms with E-state index in [1.54, 1.807) is 6.07 Å². The fourth-order valence-corrected chi connectivity index (χ4v) is 4.06. The van der Waals surface area contributed by atoms with Gasteiger partial charge in [-0.2, -0.15) is 5.10 Å². The van der Waals surface area contributed by atoms with Crippen LogP contribution in [0.25, 0.3) is 22.3 Å². The molecule has 0 radical (unpaired) electrons. The number of aromatic nitrogens is 2. The molecule has 0 fully saturated rings. The van der Waals surface area contributed by atoms with Crippen LogP contribution in [0.3, 0.4) is 0 Å². The van der Waals surface area contributed by atoms with Gasteiger partial charge < -0.3 is 11.1 Å². The number of halogens is 1. The summed E-state index contributed by atoms with van der Waals surface area (Å²) in [5.74, 6) is 0.132. The van der Waals surface area contributed by atoms with Gasteiger partial charge in [-0.1, -0.05) is 37.8 Å². The van der Waals surface area contributed by atoms with Crippen LogP contribution < -0.4 is 11.1 Å². The summed E-state index contributed by atoms with van der Waals surface area (Å²) in [6, 6.07) is 17.4. The van der Waals surface area contributed by atoms with Crippen molar-refractivity contribution < 1.29 is 4.39 Å². The summed E-state index contributed by atoms with van der Waals surface area (Å²) in [5, 5.41) is 7.85. The van der Waals surface area contributed by atoms with Crippen LogP contribution in [-0.2, 0) is 6.42 Å². The average molecular weight is 429 g/mol. The van der Waals surface area contributed by atoms with Gasteiger partial charge in [0.25, 0.3) is 0 Å². The van der Waals surface area contributed by atoms with Gasteiger partial charge in [-0.15, -0.1) is 0 Å². The first-order valence-corrected chi connectivity index (χ1v) is 11.0. The van der Waals surface area contributed by atoms with Crippen molar-refractivity contribution in [2.24, 2.45) is 5.73 Å². The van der Waals surface area contributed by atoms with Crippen LogP contribution in [0, 0.1) is 5.82 Å². The molecule has 3 N–H and O–H groups in total. The first kappa shape index (κ1) is 21.6. The molecule has 0 spiro atoms. The molecule has 32 heavy (non-hydrogen) atoms. The quantitative estimate of drug-likeness (QED) is 0.349. The highest BCUT2D eigenvalue weighted by Gasteiger charge is 2.13. The Morgan fingerprint density at radius 1 is 1.16 bits per heavy atom. The van der Waals surface area contributed by atoms with Crippen molar-refractivity contribution in [1.82, 2.24) is 9.61 Å². The molecule has 0 aliphatic carbocycles. The Morgan fingerprint density at radius 3 is 2.66 bits per heavy atom. The van der Waals surface area contributed by atoms with E-state index in [4.69, 9.17) is 5.73 Å². The number of nitrogens with one attached hydrogen (secondary N) is 1. The molecule has 5 heteroatoms. The van der Waals surface area contributed by atoms with Gasteiger partial charge in [0.15, 0.2) is 0 Å². The van der Waals surface area contributed by atoms with E-state index in [0.29, 0.717) is 11.6 Å². The molecular weight excluding hydrogens is 399 g/mol. The van der Waals surface area contributed by atoms with Gasteiger partial charge in [0.1, 0.15) is 5.82 Å². The van der Waals surface area contributed by atoms with E-state index in [2.05, 4.69) is 36.1 Å². The number of fused-ring (bicyclic) bond motifs is 1. The molecular formula is C27H29FN4. The number of hydrogen-bond donors (Lipinski definition) is 2. The molecule has 2 aromatic heterocycles. The van der Waals surface area contributed by atoms with Crippen LogP contribution in [0.4, 0.5) is 10.1 Å². The Balaban J connectivity index is 1.57. The normalized spacial score (nSPS) is 12.1. The molecule has 164 valence electrons. The van der Waals surface area contributed by atoms with Crippen molar-refractivity contribution in [3.63, 3.8) is 0 Å². The van der Waals surface area contributed by atoms with Gasteiger partial charge >= 0.3 is 0 Å². The lowest BCUT2D eigenvalue weighted by Crippen LogP contribution is -2.04. The van der Waals surface area contributed by atoms with Crippen molar-refractivity contribution in [3.8, 4) is 11.1 Å². The minimum absolute atomic E-state index is 0.191. The number of aryl methyl sites for hydroxylation is 1. The fraction of sp³-hybridized carbons (Fsp3) is 0.222.